The first-order valence-corrected chi connectivity index (χ1v) is 7.44. The van der Waals surface area contributed by atoms with Crippen molar-refractivity contribution in [2.24, 2.45) is 0 Å². The van der Waals surface area contributed by atoms with Gasteiger partial charge >= 0.3 is 0 Å². The standard InChI is InChI=1S/C15H18ClN3O2/c1-10-9-21-11(2)6-18(10)8-13-5-15(20)19-7-12(16)3-4-14(19)17-13/h3-5,7,10-11H,6,8-9H2,1-2H3/t10-,11+/m0/s1. The monoisotopic (exact) mass is 307 g/mol. The lowest BCUT2D eigenvalue weighted by Gasteiger charge is -2.36. The molecule has 0 radical (unpaired) electrons. The number of halogens is 1. The fourth-order valence-electron chi connectivity index (χ4n) is 2.61. The summed E-state index contributed by atoms with van der Waals surface area (Å²) in [6.45, 7) is 6.40. The molecule has 0 amide bonds. The van der Waals surface area contributed by atoms with E-state index in [-0.39, 0.29) is 11.7 Å². The molecular formula is C15H18ClN3O2. The van der Waals surface area contributed by atoms with Crippen LogP contribution in [0.2, 0.25) is 5.02 Å². The van der Waals surface area contributed by atoms with Gasteiger partial charge in [-0.15, -0.1) is 0 Å². The number of morpholine rings is 1. The minimum atomic E-state index is -0.105. The van der Waals surface area contributed by atoms with Gasteiger partial charge in [0, 0.05) is 31.4 Å². The number of aromatic nitrogens is 2. The molecule has 5 nitrogen and oxygen atoms in total. The van der Waals surface area contributed by atoms with E-state index in [2.05, 4.69) is 23.7 Å². The molecule has 6 heteroatoms. The van der Waals surface area contributed by atoms with E-state index in [0.717, 1.165) is 12.2 Å². The number of hydrogen-bond donors (Lipinski definition) is 0. The maximum absolute atomic E-state index is 12.2. The van der Waals surface area contributed by atoms with Crippen LogP contribution in [0.1, 0.15) is 19.5 Å². The molecule has 2 aromatic heterocycles. The highest BCUT2D eigenvalue weighted by atomic mass is 35.5. The second-order valence-corrected chi connectivity index (χ2v) is 6.02. The molecule has 1 saturated heterocycles. The van der Waals surface area contributed by atoms with Gasteiger partial charge in [0.1, 0.15) is 5.65 Å². The topological polar surface area (TPSA) is 46.8 Å². The van der Waals surface area contributed by atoms with Crippen molar-refractivity contribution in [1.82, 2.24) is 14.3 Å². The fraction of sp³-hybridized carbons (Fsp3) is 0.467. The fourth-order valence-corrected chi connectivity index (χ4v) is 2.77. The summed E-state index contributed by atoms with van der Waals surface area (Å²) in [6, 6.07) is 5.41. The summed E-state index contributed by atoms with van der Waals surface area (Å²) in [7, 11) is 0. The molecule has 3 heterocycles. The van der Waals surface area contributed by atoms with Crippen molar-refractivity contribution in [3.05, 3.63) is 45.5 Å². The lowest BCUT2D eigenvalue weighted by atomic mass is 10.2. The summed E-state index contributed by atoms with van der Waals surface area (Å²) in [4.78, 5) is 19.0. The van der Waals surface area contributed by atoms with E-state index in [1.54, 1.807) is 24.4 Å². The van der Waals surface area contributed by atoms with Crippen LogP contribution in [0.4, 0.5) is 0 Å². The molecule has 0 unspecified atom stereocenters. The van der Waals surface area contributed by atoms with Gasteiger partial charge in [0.05, 0.1) is 23.4 Å². The number of nitrogens with zero attached hydrogens (tertiary/aromatic N) is 3. The smallest absolute Gasteiger partial charge is 0.258 e. The lowest BCUT2D eigenvalue weighted by Crippen LogP contribution is -2.46. The number of ether oxygens (including phenoxy) is 1. The summed E-state index contributed by atoms with van der Waals surface area (Å²) in [5.41, 5.74) is 1.30. The molecule has 0 aromatic carbocycles. The van der Waals surface area contributed by atoms with E-state index in [1.165, 1.54) is 4.40 Å². The molecular weight excluding hydrogens is 290 g/mol. The highest BCUT2D eigenvalue weighted by molar-refractivity contribution is 6.30. The lowest BCUT2D eigenvalue weighted by molar-refractivity contribution is -0.0530. The van der Waals surface area contributed by atoms with Gasteiger partial charge in [-0.3, -0.25) is 14.1 Å². The average Bonchev–Trinajstić information content (AvgIpc) is 2.44. The van der Waals surface area contributed by atoms with Gasteiger partial charge in [0.15, 0.2) is 0 Å². The SMILES string of the molecule is C[C@@H]1CN(Cc2cc(=O)n3cc(Cl)ccc3n2)[C@@H](C)CO1. The Bertz CT molecular complexity index is 716. The number of hydrogen-bond acceptors (Lipinski definition) is 4. The Morgan fingerprint density at radius 3 is 3.05 bits per heavy atom. The summed E-state index contributed by atoms with van der Waals surface area (Å²) >= 11 is 5.91. The van der Waals surface area contributed by atoms with Crippen molar-refractivity contribution < 1.29 is 4.74 Å². The van der Waals surface area contributed by atoms with Crippen molar-refractivity contribution in [1.29, 1.82) is 0 Å². The maximum atomic E-state index is 12.2. The van der Waals surface area contributed by atoms with Crippen molar-refractivity contribution >= 4 is 17.2 Å². The van der Waals surface area contributed by atoms with E-state index in [4.69, 9.17) is 16.3 Å². The van der Waals surface area contributed by atoms with Gasteiger partial charge in [-0.05, 0) is 26.0 Å². The normalized spacial score (nSPS) is 23.6. The molecule has 2 aromatic rings. The van der Waals surface area contributed by atoms with Crippen LogP contribution in [0.5, 0.6) is 0 Å². The first-order valence-electron chi connectivity index (χ1n) is 7.06. The molecule has 0 saturated carbocycles. The van der Waals surface area contributed by atoms with Crippen LogP contribution in [-0.4, -0.2) is 39.6 Å². The summed E-state index contributed by atoms with van der Waals surface area (Å²) < 4.78 is 7.09. The Kier molecular flexibility index (Phi) is 3.97. The Labute approximate surface area is 128 Å². The molecule has 1 aliphatic heterocycles. The van der Waals surface area contributed by atoms with Gasteiger partial charge in [0.25, 0.3) is 5.56 Å². The third-order valence-electron chi connectivity index (χ3n) is 3.78. The molecule has 2 atom stereocenters. The van der Waals surface area contributed by atoms with Gasteiger partial charge in [-0.25, -0.2) is 4.98 Å². The third-order valence-corrected chi connectivity index (χ3v) is 4.00. The van der Waals surface area contributed by atoms with Crippen LogP contribution in [-0.2, 0) is 11.3 Å². The highest BCUT2D eigenvalue weighted by Gasteiger charge is 2.23. The molecule has 0 aliphatic carbocycles. The van der Waals surface area contributed by atoms with Crippen LogP contribution in [0.25, 0.3) is 5.65 Å². The molecule has 21 heavy (non-hydrogen) atoms. The van der Waals surface area contributed by atoms with Crippen LogP contribution in [0.3, 0.4) is 0 Å². The molecule has 1 fully saturated rings. The first-order chi connectivity index (χ1) is 10.0. The zero-order chi connectivity index (χ0) is 15.0. The quantitative estimate of drug-likeness (QED) is 0.851. The van der Waals surface area contributed by atoms with Crippen LogP contribution >= 0.6 is 11.6 Å². The minimum Gasteiger partial charge on any atom is -0.376 e. The summed E-state index contributed by atoms with van der Waals surface area (Å²) in [5, 5.41) is 0.523. The predicted octanol–water partition coefficient (Wildman–Crippen LogP) is 1.96. The van der Waals surface area contributed by atoms with E-state index in [9.17, 15) is 4.79 Å². The molecule has 0 spiro atoms. The first kappa shape index (κ1) is 14.5. The van der Waals surface area contributed by atoms with Gasteiger partial charge < -0.3 is 4.74 Å². The molecule has 0 N–H and O–H groups in total. The number of rotatable bonds is 2. The summed E-state index contributed by atoms with van der Waals surface area (Å²) in [5.74, 6) is 0. The molecule has 0 bridgehead atoms. The van der Waals surface area contributed by atoms with Gasteiger partial charge in [-0.2, -0.15) is 0 Å². The second-order valence-electron chi connectivity index (χ2n) is 5.58. The highest BCUT2D eigenvalue weighted by Crippen LogP contribution is 2.15. The zero-order valence-electron chi connectivity index (χ0n) is 12.1. The third kappa shape index (κ3) is 3.10. The molecule has 1 aliphatic rings. The van der Waals surface area contributed by atoms with Crippen molar-refractivity contribution in [2.45, 2.75) is 32.5 Å². The number of pyridine rings is 1. The van der Waals surface area contributed by atoms with E-state index < -0.39 is 0 Å². The summed E-state index contributed by atoms with van der Waals surface area (Å²) in [6.07, 6.45) is 1.80. The van der Waals surface area contributed by atoms with E-state index in [0.29, 0.717) is 29.9 Å². The Morgan fingerprint density at radius 2 is 2.24 bits per heavy atom. The molecule has 112 valence electrons. The van der Waals surface area contributed by atoms with Crippen molar-refractivity contribution in [3.63, 3.8) is 0 Å². The largest absolute Gasteiger partial charge is 0.376 e. The van der Waals surface area contributed by atoms with Crippen LogP contribution in [0.15, 0.2) is 29.2 Å². The minimum absolute atomic E-state index is 0.105. The Hall–Kier alpha value is -1.43. The van der Waals surface area contributed by atoms with Crippen LogP contribution in [0, 0.1) is 0 Å². The average molecular weight is 308 g/mol. The van der Waals surface area contributed by atoms with E-state index in [1.807, 2.05) is 0 Å². The number of fused-ring (bicyclic) bond motifs is 1. The van der Waals surface area contributed by atoms with Crippen molar-refractivity contribution in [3.8, 4) is 0 Å². The van der Waals surface area contributed by atoms with Crippen LogP contribution < -0.4 is 5.56 Å². The Balaban J connectivity index is 1.90. The predicted molar refractivity (Wildman–Crippen MR) is 81.8 cm³/mol. The maximum Gasteiger partial charge on any atom is 0.258 e. The zero-order valence-corrected chi connectivity index (χ0v) is 12.9. The van der Waals surface area contributed by atoms with Gasteiger partial charge in [0.2, 0.25) is 0 Å². The Morgan fingerprint density at radius 1 is 1.43 bits per heavy atom. The molecule has 3 rings (SSSR count). The van der Waals surface area contributed by atoms with Gasteiger partial charge in [-0.1, -0.05) is 11.6 Å². The van der Waals surface area contributed by atoms with Crippen molar-refractivity contribution in [2.75, 3.05) is 13.2 Å². The second kappa shape index (κ2) is 5.75. The van der Waals surface area contributed by atoms with E-state index >= 15 is 0 Å².